The number of benzene rings is 1. The highest BCUT2D eigenvalue weighted by Gasteiger charge is 2.26. The summed E-state index contributed by atoms with van der Waals surface area (Å²) in [7, 11) is 0. The van der Waals surface area contributed by atoms with Crippen LogP contribution in [0.25, 0.3) is 0 Å². The molecular weight excluding hydrogens is 354 g/mol. The quantitative estimate of drug-likeness (QED) is 0.402. The van der Waals surface area contributed by atoms with Crippen molar-refractivity contribution in [2.24, 2.45) is 17.4 Å². The number of carbonyl (C=O) groups excluding carboxylic acids is 2. The number of non-ortho nitro benzene ring substituents is 2. The molecule has 0 radical (unpaired) electrons. The molecule has 0 bridgehead atoms. The second-order valence-electron chi connectivity index (χ2n) is 5.19. The third-order valence-electron chi connectivity index (χ3n) is 2.81. The lowest BCUT2D eigenvalue weighted by Crippen LogP contribution is -2.44. The maximum atomic E-state index is 12.0. The van der Waals surface area contributed by atoms with E-state index >= 15 is 0 Å². The molecule has 0 fully saturated rings. The van der Waals surface area contributed by atoms with Crippen molar-refractivity contribution in [3.8, 4) is 0 Å². The molecule has 0 heterocycles. The normalized spacial score (nSPS) is 10.9. The Hall–Kier alpha value is -3.77. The zero-order chi connectivity index (χ0) is 20.6. The van der Waals surface area contributed by atoms with E-state index in [-0.39, 0.29) is 5.56 Å². The summed E-state index contributed by atoms with van der Waals surface area (Å²) in [5.74, 6) is -2.65. The number of urea groups is 1. The number of primary amides is 2. The Bertz CT molecular complexity index is 697. The van der Waals surface area contributed by atoms with Crippen LogP contribution in [0, 0.1) is 26.1 Å². The molecule has 1 unspecified atom stereocenters. The largest absolute Gasteiger partial charge is 0.480 e. The first-order chi connectivity index (χ1) is 11.9. The maximum absolute atomic E-state index is 12.0. The molecule has 6 N–H and O–H groups in total. The average molecular weight is 371 g/mol. The van der Waals surface area contributed by atoms with Gasteiger partial charge in [-0.15, -0.1) is 0 Å². The molecule has 0 aliphatic carbocycles. The summed E-state index contributed by atoms with van der Waals surface area (Å²) in [5.41, 5.74) is 6.89. The topological polar surface area (TPSA) is 222 Å². The van der Waals surface area contributed by atoms with Gasteiger partial charge in [-0.25, -0.2) is 9.59 Å². The first-order valence-corrected chi connectivity index (χ1v) is 6.89. The van der Waals surface area contributed by atoms with Crippen molar-refractivity contribution in [3.05, 3.63) is 44.0 Å². The van der Waals surface area contributed by atoms with E-state index in [1.807, 2.05) is 0 Å². The minimum Gasteiger partial charge on any atom is -0.480 e. The summed E-state index contributed by atoms with van der Waals surface area (Å²) in [5, 5.41) is 32.7. The zero-order valence-electron chi connectivity index (χ0n) is 13.7. The minimum atomic E-state index is -1.27. The van der Waals surface area contributed by atoms with Crippen LogP contribution in [-0.4, -0.2) is 38.9 Å². The van der Waals surface area contributed by atoms with Crippen molar-refractivity contribution in [2.45, 2.75) is 19.9 Å². The Morgan fingerprint density at radius 1 is 1.04 bits per heavy atom. The van der Waals surface area contributed by atoms with Gasteiger partial charge in [-0.1, -0.05) is 13.8 Å². The standard InChI is InChI=1S/C12H13N3O7.CH4N2O/c1-6(2)10(12(17)18)13-11(16)7-3-8(14(19)20)5-9(4-7)15(21)22;2-1(3)4/h3-6,10H,1-2H3,(H,13,16)(H,17,18);(H4,2,3,4). The molecule has 142 valence electrons. The molecule has 0 spiro atoms. The van der Waals surface area contributed by atoms with Crippen LogP contribution in [0.4, 0.5) is 16.2 Å². The van der Waals surface area contributed by atoms with Crippen molar-refractivity contribution in [3.63, 3.8) is 0 Å². The fraction of sp³-hybridized carbons (Fsp3) is 0.308. The molecule has 1 rings (SSSR count). The van der Waals surface area contributed by atoms with Crippen molar-refractivity contribution in [2.75, 3.05) is 0 Å². The summed E-state index contributed by atoms with van der Waals surface area (Å²) in [4.78, 5) is 51.8. The van der Waals surface area contributed by atoms with Gasteiger partial charge in [0.2, 0.25) is 0 Å². The Balaban J connectivity index is 0.00000141. The molecule has 0 aliphatic rings. The van der Waals surface area contributed by atoms with Gasteiger partial charge in [0.05, 0.1) is 21.5 Å². The second-order valence-corrected chi connectivity index (χ2v) is 5.19. The third kappa shape index (κ3) is 7.20. The Kier molecular flexibility index (Phi) is 8.13. The van der Waals surface area contributed by atoms with E-state index < -0.39 is 51.1 Å². The first-order valence-electron chi connectivity index (χ1n) is 6.89. The lowest BCUT2D eigenvalue weighted by atomic mass is 10.0. The van der Waals surface area contributed by atoms with E-state index in [1.165, 1.54) is 0 Å². The number of nitro benzene ring substituents is 2. The number of nitrogens with one attached hydrogen (secondary N) is 1. The van der Waals surface area contributed by atoms with Gasteiger partial charge in [0, 0.05) is 12.1 Å². The highest BCUT2D eigenvalue weighted by molar-refractivity contribution is 5.97. The Labute approximate surface area is 146 Å². The van der Waals surface area contributed by atoms with E-state index in [4.69, 9.17) is 9.90 Å². The number of nitrogens with two attached hydrogens (primary N) is 2. The summed E-state index contributed by atoms with van der Waals surface area (Å²) in [6.45, 7) is 3.13. The van der Waals surface area contributed by atoms with Crippen molar-refractivity contribution in [1.82, 2.24) is 5.32 Å². The molecule has 0 saturated heterocycles. The lowest BCUT2D eigenvalue weighted by molar-refractivity contribution is -0.394. The second kappa shape index (κ2) is 9.51. The Morgan fingerprint density at radius 2 is 1.42 bits per heavy atom. The van der Waals surface area contributed by atoms with Crippen LogP contribution in [0.5, 0.6) is 0 Å². The van der Waals surface area contributed by atoms with Gasteiger partial charge < -0.3 is 21.9 Å². The molecular formula is C13H17N5O8. The number of aliphatic carboxylic acids is 1. The number of carboxylic acid groups (broad SMARTS) is 1. The van der Waals surface area contributed by atoms with Crippen molar-refractivity contribution >= 4 is 29.3 Å². The zero-order valence-corrected chi connectivity index (χ0v) is 13.7. The van der Waals surface area contributed by atoms with Crippen LogP contribution < -0.4 is 16.8 Å². The monoisotopic (exact) mass is 371 g/mol. The van der Waals surface area contributed by atoms with Crippen LogP contribution in [0.2, 0.25) is 0 Å². The van der Waals surface area contributed by atoms with Crippen LogP contribution in [-0.2, 0) is 4.79 Å². The highest BCUT2D eigenvalue weighted by Crippen LogP contribution is 2.22. The van der Waals surface area contributed by atoms with Gasteiger partial charge in [-0.3, -0.25) is 25.0 Å². The smallest absolute Gasteiger partial charge is 0.326 e. The summed E-state index contributed by atoms with van der Waals surface area (Å²) in [6.07, 6.45) is 0. The highest BCUT2D eigenvalue weighted by atomic mass is 16.6. The number of nitrogens with zero attached hydrogens (tertiary/aromatic N) is 2. The number of nitro groups is 2. The van der Waals surface area contributed by atoms with E-state index in [0.717, 1.165) is 12.1 Å². The molecule has 0 aliphatic heterocycles. The van der Waals surface area contributed by atoms with Gasteiger partial charge in [-0.2, -0.15) is 0 Å². The molecule has 1 atom stereocenters. The fourth-order valence-electron chi connectivity index (χ4n) is 1.68. The van der Waals surface area contributed by atoms with Crippen molar-refractivity contribution < 1.29 is 29.3 Å². The molecule has 1 aromatic rings. The average Bonchev–Trinajstić information content (AvgIpc) is 2.50. The van der Waals surface area contributed by atoms with E-state index in [1.54, 1.807) is 13.8 Å². The molecule has 0 aromatic heterocycles. The van der Waals surface area contributed by atoms with Gasteiger partial charge in [0.15, 0.2) is 0 Å². The van der Waals surface area contributed by atoms with Crippen LogP contribution in [0.1, 0.15) is 24.2 Å². The van der Waals surface area contributed by atoms with Crippen LogP contribution >= 0.6 is 0 Å². The number of hydrogen-bond donors (Lipinski definition) is 4. The molecule has 1 aromatic carbocycles. The number of carboxylic acids is 1. The van der Waals surface area contributed by atoms with E-state index in [2.05, 4.69) is 16.8 Å². The third-order valence-corrected chi connectivity index (χ3v) is 2.81. The SMILES string of the molecule is CC(C)C(NC(=O)c1cc([N+](=O)[O-])cc([N+](=O)[O-])c1)C(=O)O.NC(N)=O. The summed E-state index contributed by atoms with van der Waals surface area (Å²) in [6, 6.07) is 0.364. The molecule has 3 amide bonds. The molecule has 13 heteroatoms. The first kappa shape index (κ1) is 22.2. The number of amides is 3. The number of carbonyl (C=O) groups is 3. The van der Waals surface area contributed by atoms with Gasteiger partial charge in [0.25, 0.3) is 17.3 Å². The van der Waals surface area contributed by atoms with E-state index in [0.29, 0.717) is 6.07 Å². The summed E-state index contributed by atoms with van der Waals surface area (Å²) >= 11 is 0. The van der Waals surface area contributed by atoms with Gasteiger partial charge in [-0.05, 0) is 5.92 Å². The number of rotatable bonds is 6. The molecule has 0 saturated carbocycles. The Morgan fingerprint density at radius 3 is 1.69 bits per heavy atom. The van der Waals surface area contributed by atoms with Crippen molar-refractivity contribution in [1.29, 1.82) is 0 Å². The maximum Gasteiger partial charge on any atom is 0.326 e. The number of hydrogen-bond acceptors (Lipinski definition) is 7. The minimum absolute atomic E-state index is 0.354. The lowest BCUT2D eigenvalue weighted by Gasteiger charge is -2.17. The van der Waals surface area contributed by atoms with E-state index in [9.17, 15) is 29.8 Å². The van der Waals surface area contributed by atoms with Crippen LogP contribution in [0.15, 0.2) is 18.2 Å². The fourth-order valence-corrected chi connectivity index (χ4v) is 1.68. The van der Waals surface area contributed by atoms with Gasteiger partial charge in [0.1, 0.15) is 6.04 Å². The predicted octanol–water partition coefficient (Wildman–Crippen LogP) is 0.366. The van der Waals surface area contributed by atoms with Gasteiger partial charge >= 0.3 is 12.0 Å². The predicted molar refractivity (Wildman–Crippen MR) is 87.2 cm³/mol. The molecule has 13 nitrogen and oxygen atoms in total. The van der Waals surface area contributed by atoms with Crippen LogP contribution in [0.3, 0.4) is 0 Å². The summed E-state index contributed by atoms with van der Waals surface area (Å²) < 4.78 is 0. The molecule has 26 heavy (non-hydrogen) atoms.